The Morgan fingerprint density at radius 3 is 2.77 bits per heavy atom. The number of nitrogen functional groups attached to an aromatic ring is 1. The second kappa shape index (κ2) is 10.9. The molecule has 43 heavy (non-hydrogen) atoms. The van der Waals surface area contributed by atoms with Crippen LogP contribution in [-0.4, -0.2) is 63.9 Å². The number of aromatic nitrogens is 2. The van der Waals surface area contributed by atoms with Crippen LogP contribution in [0.15, 0.2) is 18.2 Å². The summed E-state index contributed by atoms with van der Waals surface area (Å²) in [5, 5.41) is 10.8. The first-order valence-electron chi connectivity index (χ1n) is 14.6. The average Bonchev–Trinajstić information content (AvgIpc) is 3.52. The molecule has 5 heterocycles. The largest absolute Gasteiger partial charge is 0.461 e. The van der Waals surface area contributed by atoms with Gasteiger partial charge in [-0.3, -0.25) is 4.90 Å². The van der Waals surface area contributed by atoms with Gasteiger partial charge in [0.2, 0.25) is 0 Å². The summed E-state index contributed by atoms with van der Waals surface area (Å²) in [6.07, 6.45) is 1.21. The number of hydrogen-bond donors (Lipinski definition) is 2. The van der Waals surface area contributed by atoms with Gasteiger partial charge in [0.15, 0.2) is 5.82 Å². The van der Waals surface area contributed by atoms with Crippen molar-refractivity contribution in [1.82, 2.24) is 14.9 Å². The van der Waals surface area contributed by atoms with Crippen molar-refractivity contribution in [1.29, 1.82) is 0 Å². The van der Waals surface area contributed by atoms with E-state index >= 15 is 4.39 Å². The van der Waals surface area contributed by atoms with Gasteiger partial charge >= 0.3 is 12.2 Å². The highest BCUT2D eigenvalue weighted by Crippen LogP contribution is 2.45. The lowest BCUT2D eigenvalue weighted by molar-refractivity contribution is -0.140. The van der Waals surface area contributed by atoms with Crippen LogP contribution in [0.4, 0.5) is 29.1 Å². The number of anilines is 2. The van der Waals surface area contributed by atoms with E-state index in [1.54, 1.807) is 6.92 Å². The molecule has 1 aromatic carbocycles. The van der Waals surface area contributed by atoms with Gasteiger partial charge in [-0.15, -0.1) is 5.92 Å². The molecule has 0 amide bonds. The Labute approximate surface area is 247 Å². The third kappa shape index (κ3) is 5.54. The number of alkyl halides is 3. The smallest absolute Gasteiger partial charge is 0.418 e. The lowest BCUT2D eigenvalue weighted by Gasteiger charge is -2.39. The Balaban J connectivity index is 1.40. The molecule has 0 radical (unpaired) electrons. The molecule has 4 aliphatic heterocycles. The number of hydrogen-bond acceptors (Lipinski definition) is 8. The van der Waals surface area contributed by atoms with Crippen molar-refractivity contribution in [3.05, 3.63) is 52.0 Å². The first-order valence-corrected chi connectivity index (χ1v) is 14.6. The lowest BCUT2D eigenvalue weighted by Crippen LogP contribution is -2.47. The Kier molecular flexibility index (Phi) is 7.55. The Hall–Kier alpha value is -3.40. The molecule has 3 unspecified atom stereocenters. The molecule has 0 spiro atoms. The second-order valence-electron chi connectivity index (χ2n) is 12.1. The number of β-amino-alcohol motifs (C(OH)–C–C–N with tert-alkyl or cyclic N) is 1. The van der Waals surface area contributed by atoms with Crippen LogP contribution < -0.4 is 15.4 Å². The maximum absolute atomic E-state index is 15.5. The van der Waals surface area contributed by atoms with Crippen LogP contribution in [0.1, 0.15) is 73.6 Å². The van der Waals surface area contributed by atoms with Crippen LogP contribution >= 0.6 is 0 Å². The highest BCUT2D eigenvalue weighted by atomic mass is 19.4. The van der Waals surface area contributed by atoms with Crippen molar-refractivity contribution in [2.45, 2.75) is 76.0 Å². The van der Waals surface area contributed by atoms with Crippen molar-refractivity contribution < 1.29 is 32.1 Å². The summed E-state index contributed by atoms with van der Waals surface area (Å²) in [7, 11) is 0. The summed E-state index contributed by atoms with van der Waals surface area (Å²) >= 11 is 0. The van der Waals surface area contributed by atoms with Crippen molar-refractivity contribution in [2.75, 3.05) is 43.4 Å². The van der Waals surface area contributed by atoms with Gasteiger partial charge in [-0.25, -0.2) is 4.39 Å². The molecule has 0 saturated carbocycles. The Bertz CT molecular complexity index is 1520. The number of fused-ring (bicyclic) bond motifs is 2. The van der Waals surface area contributed by atoms with Crippen molar-refractivity contribution in [3.63, 3.8) is 0 Å². The van der Waals surface area contributed by atoms with Crippen LogP contribution in [0, 0.1) is 17.7 Å². The molecule has 3 atom stereocenters. The topological polar surface area (TPSA) is 97.0 Å². The van der Waals surface area contributed by atoms with Gasteiger partial charge in [0.25, 0.3) is 0 Å². The zero-order chi connectivity index (χ0) is 30.6. The molecule has 6 rings (SSSR count). The number of aliphatic hydroxyl groups is 1. The fourth-order valence-corrected chi connectivity index (χ4v) is 6.90. The zero-order valence-corrected chi connectivity index (χ0v) is 24.2. The number of rotatable bonds is 5. The molecule has 8 nitrogen and oxygen atoms in total. The molecular weight excluding hydrogens is 566 g/mol. The first-order chi connectivity index (χ1) is 20.4. The molecule has 3 N–H and O–H groups in total. The summed E-state index contributed by atoms with van der Waals surface area (Å²) in [5.74, 6) is 4.20. The fraction of sp³-hybridized carbons (Fsp3) is 0.548. The minimum atomic E-state index is -4.90. The molecule has 2 fully saturated rings. The number of nitrogens with zero attached hydrogens (tertiary/aromatic N) is 4. The van der Waals surface area contributed by atoms with Crippen molar-refractivity contribution >= 4 is 11.5 Å². The zero-order valence-electron chi connectivity index (χ0n) is 24.2. The van der Waals surface area contributed by atoms with Gasteiger partial charge in [0.1, 0.15) is 12.4 Å². The lowest BCUT2D eigenvalue weighted by atomic mass is 9.90. The van der Waals surface area contributed by atoms with E-state index in [9.17, 15) is 18.3 Å². The van der Waals surface area contributed by atoms with E-state index in [0.29, 0.717) is 43.2 Å². The molecule has 4 aliphatic rings. The summed E-state index contributed by atoms with van der Waals surface area (Å²) < 4.78 is 70.8. The van der Waals surface area contributed by atoms with Crippen LogP contribution in [0.2, 0.25) is 0 Å². The number of ether oxygens (including phenoxy) is 2. The van der Waals surface area contributed by atoms with Crippen LogP contribution in [-0.2, 0) is 23.9 Å². The van der Waals surface area contributed by atoms with Gasteiger partial charge in [-0.05, 0) is 52.1 Å². The molecule has 1 aromatic heterocycles. The third-order valence-electron chi connectivity index (χ3n) is 8.90. The predicted octanol–water partition coefficient (Wildman–Crippen LogP) is 4.54. The first kappa shape index (κ1) is 29.7. The minimum Gasteiger partial charge on any atom is -0.461 e. The maximum atomic E-state index is 15.5. The van der Waals surface area contributed by atoms with Gasteiger partial charge in [0.05, 0.1) is 40.8 Å². The second-order valence-corrected chi connectivity index (χ2v) is 12.1. The highest BCUT2D eigenvalue weighted by Gasteiger charge is 2.44. The minimum absolute atomic E-state index is 0.0859. The summed E-state index contributed by atoms with van der Waals surface area (Å²) in [4.78, 5) is 13.7. The molecule has 2 aromatic rings. The van der Waals surface area contributed by atoms with E-state index in [1.807, 2.05) is 4.90 Å². The van der Waals surface area contributed by atoms with E-state index in [2.05, 4.69) is 33.9 Å². The number of nitrogens with two attached hydrogens (primary N) is 1. The summed E-state index contributed by atoms with van der Waals surface area (Å²) in [6, 6.07) is 0.995. The highest BCUT2D eigenvalue weighted by molar-refractivity contribution is 5.59. The standard InChI is InChI=1S/C31H35F4N5O3/c1-3-7-19-14-21(36)26(32)24(25(19)31(33,34)35)23-15-22-20(16-42-23)27(39-11-4-8-29(2,41)17-39)38-28(37-22)43-18-30-9-5-12-40(30)13-6-10-30/h5,9,14,23,41H,4,6,8,10-13,15-18,36H2,1-2H3. The van der Waals surface area contributed by atoms with Crippen LogP contribution in [0.3, 0.4) is 0 Å². The molecule has 0 aliphatic carbocycles. The van der Waals surface area contributed by atoms with Gasteiger partial charge < -0.3 is 25.2 Å². The number of piperidine rings is 1. The van der Waals surface area contributed by atoms with E-state index in [0.717, 1.165) is 38.4 Å². The van der Waals surface area contributed by atoms with E-state index in [-0.39, 0.29) is 24.6 Å². The predicted molar refractivity (Wildman–Crippen MR) is 152 cm³/mol. The molecule has 12 heteroatoms. The van der Waals surface area contributed by atoms with E-state index in [1.165, 1.54) is 6.92 Å². The molecule has 230 valence electrons. The van der Waals surface area contributed by atoms with E-state index in [4.69, 9.17) is 20.2 Å². The Morgan fingerprint density at radius 2 is 2.02 bits per heavy atom. The van der Waals surface area contributed by atoms with Crippen molar-refractivity contribution in [3.8, 4) is 17.9 Å². The SMILES string of the molecule is CC#Cc1cc(N)c(F)c(C2Cc3nc(OCC45C=CCN4CCC5)nc(N4CCCC(C)(O)C4)c3CO2)c1C(F)(F)F. The molecular formula is C31H35F4N5O3. The maximum Gasteiger partial charge on any atom is 0.418 e. The van der Waals surface area contributed by atoms with Crippen LogP contribution in [0.5, 0.6) is 6.01 Å². The van der Waals surface area contributed by atoms with Gasteiger partial charge in [0, 0.05) is 42.7 Å². The monoisotopic (exact) mass is 601 g/mol. The van der Waals surface area contributed by atoms with Gasteiger partial charge in [-0.2, -0.15) is 23.1 Å². The van der Waals surface area contributed by atoms with E-state index < -0.39 is 46.1 Å². The normalized spacial score (nSPS) is 27.0. The summed E-state index contributed by atoms with van der Waals surface area (Å²) in [5.41, 5.74) is 2.88. The fourth-order valence-electron chi connectivity index (χ4n) is 6.90. The number of benzene rings is 1. The molecule has 0 bridgehead atoms. The summed E-state index contributed by atoms with van der Waals surface area (Å²) in [6.45, 7) is 6.05. The Morgan fingerprint density at radius 1 is 1.23 bits per heavy atom. The van der Waals surface area contributed by atoms with Crippen LogP contribution in [0.25, 0.3) is 0 Å². The van der Waals surface area contributed by atoms with Gasteiger partial charge in [-0.1, -0.05) is 18.1 Å². The third-order valence-corrected chi connectivity index (χ3v) is 8.90. The number of halogens is 4. The molecule has 2 saturated heterocycles. The quantitative estimate of drug-likeness (QED) is 0.223. The average molecular weight is 602 g/mol. The van der Waals surface area contributed by atoms with Crippen molar-refractivity contribution in [2.24, 2.45) is 0 Å².